The fraction of sp³-hybridized carbons (Fsp3) is 0.455. The molecule has 2 aliphatic rings. The SMILES string of the molecule is CCc1ccc(C)cc1Cc1ccc(CC2c3cc(Cc4c(CC)c(CC)cc5c4CN(C)CC5)c(CC)cc3CCN2C)cc1. The number of likely N-dealkylation sites (N-methyl/N-ethyl adjacent to an activating group) is 2. The molecule has 0 fully saturated rings. The van der Waals surface area contributed by atoms with Crippen molar-refractivity contribution in [2.45, 2.75) is 105 Å². The van der Waals surface area contributed by atoms with E-state index < -0.39 is 0 Å². The first kappa shape index (κ1) is 32.7. The molecule has 46 heavy (non-hydrogen) atoms. The van der Waals surface area contributed by atoms with Crippen LogP contribution in [-0.2, 0) is 64.3 Å². The molecule has 0 amide bonds. The van der Waals surface area contributed by atoms with Gasteiger partial charge in [-0.1, -0.05) is 93.9 Å². The minimum atomic E-state index is 0.412. The average molecular weight is 613 g/mol. The fourth-order valence-electron chi connectivity index (χ4n) is 8.43. The lowest BCUT2D eigenvalue weighted by Crippen LogP contribution is -2.33. The van der Waals surface area contributed by atoms with Crippen molar-refractivity contribution in [3.05, 3.63) is 139 Å². The van der Waals surface area contributed by atoms with Crippen LogP contribution < -0.4 is 0 Å². The van der Waals surface area contributed by atoms with Crippen LogP contribution in [0.25, 0.3) is 0 Å². The summed E-state index contributed by atoms with van der Waals surface area (Å²) >= 11 is 0. The van der Waals surface area contributed by atoms with Crippen LogP contribution in [0, 0.1) is 6.92 Å². The third-order valence-electron chi connectivity index (χ3n) is 11.2. The van der Waals surface area contributed by atoms with Crippen molar-refractivity contribution >= 4 is 0 Å². The Morgan fingerprint density at radius 1 is 0.609 bits per heavy atom. The molecule has 4 aromatic rings. The zero-order valence-corrected chi connectivity index (χ0v) is 29.7. The van der Waals surface area contributed by atoms with Gasteiger partial charge < -0.3 is 4.90 Å². The molecule has 2 heteroatoms. The highest BCUT2D eigenvalue weighted by Gasteiger charge is 2.28. The lowest BCUT2D eigenvalue weighted by atomic mass is 9.80. The zero-order valence-electron chi connectivity index (χ0n) is 29.7. The van der Waals surface area contributed by atoms with Crippen LogP contribution in [0.2, 0.25) is 0 Å². The van der Waals surface area contributed by atoms with E-state index in [0.29, 0.717) is 6.04 Å². The summed E-state index contributed by atoms with van der Waals surface area (Å²) < 4.78 is 0. The Balaban J connectivity index is 1.31. The number of nitrogens with zero attached hydrogens (tertiary/aromatic N) is 2. The van der Waals surface area contributed by atoms with Crippen molar-refractivity contribution < 1.29 is 0 Å². The second kappa shape index (κ2) is 14.3. The molecule has 0 saturated carbocycles. The predicted octanol–water partition coefficient (Wildman–Crippen LogP) is 9.19. The molecule has 0 radical (unpaired) electrons. The predicted molar refractivity (Wildman–Crippen MR) is 196 cm³/mol. The van der Waals surface area contributed by atoms with E-state index in [1.165, 1.54) is 40.8 Å². The maximum Gasteiger partial charge on any atom is 0.0388 e. The highest BCUT2D eigenvalue weighted by atomic mass is 15.1. The van der Waals surface area contributed by atoms with Crippen LogP contribution >= 0.6 is 0 Å². The van der Waals surface area contributed by atoms with Gasteiger partial charge in [-0.3, -0.25) is 4.90 Å². The van der Waals surface area contributed by atoms with E-state index in [0.717, 1.165) is 64.5 Å². The first-order chi connectivity index (χ1) is 22.3. The monoisotopic (exact) mass is 612 g/mol. The van der Waals surface area contributed by atoms with Gasteiger partial charge in [-0.25, -0.2) is 0 Å². The van der Waals surface area contributed by atoms with Gasteiger partial charge in [0, 0.05) is 25.7 Å². The summed E-state index contributed by atoms with van der Waals surface area (Å²) in [4.78, 5) is 5.13. The Bertz CT molecular complexity index is 1680. The van der Waals surface area contributed by atoms with E-state index >= 15 is 0 Å². The Labute approximate surface area is 279 Å². The summed E-state index contributed by atoms with van der Waals surface area (Å²) in [7, 11) is 4.63. The van der Waals surface area contributed by atoms with E-state index in [2.05, 4.69) is 119 Å². The van der Waals surface area contributed by atoms with E-state index in [1.54, 1.807) is 50.1 Å². The summed E-state index contributed by atoms with van der Waals surface area (Å²) in [5.74, 6) is 0. The van der Waals surface area contributed by atoms with Gasteiger partial charge in [0.1, 0.15) is 0 Å². The number of rotatable bonds is 10. The number of fused-ring (bicyclic) bond motifs is 2. The van der Waals surface area contributed by atoms with Crippen LogP contribution in [0.5, 0.6) is 0 Å². The van der Waals surface area contributed by atoms with Crippen molar-refractivity contribution in [3.8, 4) is 0 Å². The molecule has 2 nitrogen and oxygen atoms in total. The third kappa shape index (κ3) is 6.76. The molecule has 1 atom stereocenters. The Morgan fingerprint density at radius 2 is 1.28 bits per heavy atom. The van der Waals surface area contributed by atoms with Gasteiger partial charge in [-0.05, 0) is 151 Å². The number of aryl methyl sites for hydroxylation is 4. The third-order valence-corrected chi connectivity index (χ3v) is 11.2. The smallest absolute Gasteiger partial charge is 0.0388 e. The topological polar surface area (TPSA) is 6.48 Å². The standard InChI is InChI=1S/C44H56N2/c1-8-33-17-12-30(5)22-38(33)23-31-13-15-32(16-14-31)24-44-41-27-39(34(9-2)25-36(41)19-21-46(44)7)28-42-40(11-4)35(10-3)26-37-18-20-45(6)29-43(37)42/h12-17,22,25-27,44H,8-11,18-21,23-24,28-29H2,1-7H3. The van der Waals surface area contributed by atoms with Crippen LogP contribution in [0.15, 0.2) is 60.7 Å². The maximum atomic E-state index is 2.64. The largest absolute Gasteiger partial charge is 0.302 e. The van der Waals surface area contributed by atoms with E-state index in [4.69, 9.17) is 0 Å². The fourth-order valence-corrected chi connectivity index (χ4v) is 8.43. The Morgan fingerprint density at radius 3 is 2.00 bits per heavy atom. The van der Waals surface area contributed by atoms with Gasteiger partial charge in [0.2, 0.25) is 0 Å². The molecule has 0 spiro atoms. The van der Waals surface area contributed by atoms with E-state index in [1.807, 2.05) is 0 Å². The maximum absolute atomic E-state index is 2.64. The lowest BCUT2D eigenvalue weighted by molar-refractivity contribution is 0.229. The minimum Gasteiger partial charge on any atom is -0.302 e. The van der Waals surface area contributed by atoms with Crippen molar-refractivity contribution in [2.24, 2.45) is 0 Å². The molecule has 6 rings (SSSR count). The molecular formula is C44H56N2. The number of hydrogen-bond acceptors (Lipinski definition) is 2. The summed E-state index contributed by atoms with van der Waals surface area (Å²) in [5.41, 5.74) is 21.4. The van der Waals surface area contributed by atoms with Crippen molar-refractivity contribution in [1.82, 2.24) is 9.80 Å². The lowest BCUT2D eigenvalue weighted by Gasteiger charge is -2.36. The van der Waals surface area contributed by atoms with Gasteiger partial charge in [0.15, 0.2) is 0 Å². The molecule has 2 aliphatic heterocycles. The molecule has 0 saturated heterocycles. The summed E-state index contributed by atoms with van der Waals surface area (Å²) in [5, 5.41) is 0. The molecule has 0 bridgehead atoms. The average Bonchev–Trinajstić information content (AvgIpc) is 3.06. The molecular weight excluding hydrogens is 556 g/mol. The van der Waals surface area contributed by atoms with Crippen LogP contribution in [0.3, 0.4) is 0 Å². The van der Waals surface area contributed by atoms with Gasteiger partial charge in [-0.2, -0.15) is 0 Å². The van der Waals surface area contributed by atoms with E-state index in [-0.39, 0.29) is 0 Å². The van der Waals surface area contributed by atoms with Gasteiger partial charge >= 0.3 is 0 Å². The molecule has 0 aromatic heterocycles. The van der Waals surface area contributed by atoms with Crippen molar-refractivity contribution in [3.63, 3.8) is 0 Å². The zero-order chi connectivity index (χ0) is 32.4. The van der Waals surface area contributed by atoms with Gasteiger partial charge in [0.25, 0.3) is 0 Å². The molecule has 0 aliphatic carbocycles. The normalized spacial score (nSPS) is 16.8. The molecule has 242 valence electrons. The number of hydrogen-bond donors (Lipinski definition) is 0. The highest BCUT2D eigenvalue weighted by molar-refractivity contribution is 5.52. The quantitative estimate of drug-likeness (QED) is 0.176. The number of benzene rings is 4. The molecule has 0 N–H and O–H groups in total. The summed E-state index contributed by atoms with van der Waals surface area (Å²) in [6.07, 6.45) is 9.90. The van der Waals surface area contributed by atoms with Gasteiger partial charge in [-0.15, -0.1) is 0 Å². The van der Waals surface area contributed by atoms with E-state index in [9.17, 15) is 0 Å². The van der Waals surface area contributed by atoms with Crippen molar-refractivity contribution in [1.29, 1.82) is 0 Å². The first-order valence-corrected chi connectivity index (χ1v) is 18.2. The van der Waals surface area contributed by atoms with Crippen LogP contribution in [0.4, 0.5) is 0 Å². The second-order valence-corrected chi connectivity index (χ2v) is 14.2. The highest BCUT2D eigenvalue weighted by Crippen LogP contribution is 2.37. The summed E-state index contributed by atoms with van der Waals surface area (Å²) in [6, 6.07) is 24.7. The molecule has 4 aromatic carbocycles. The van der Waals surface area contributed by atoms with Gasteiger partial charge in [0.05, 0.1) is 0 Å². The Kier molecular flexibility index (Phi) is 10.2. The molecule has 1 unspecified atom stereocenters. The Hall–Kier alpha value is -3.20. The van der Waals surface area contributed by atoms with Crippen LogP contribution in [-0.4, -0.2) is 37.0 Å². The minimum absolute atomic E-state index is 0.412. The second-order valence-electron chi connectivity index (χ2n) is 14.2. The first-order valence-electron chi connectivity index (χ1n) is 18.2. The molecule has 2 heterocycles. The van der Waals surface area contributed by atoms with Crippen molar-refractivity contribution in [2.75, 3.05) is 27.2 Å². The summed E-state index contributed by atoms with van der Waals surface area (Å²) in [6.45, 7) is 14.9. The van der Waals surface area contributed by atoms with Crippen LogP contribution in [0.1, 0.15) is 112 Å².